The second-order valence-electron chi connectivity index (χ2n) is 3.05. The van der Waals surface area contributed by atoms with Gasteiger partial charge in [0.05, 0.1) is 5.75 Å². The van der Waals surface area contributed by atoms with Crippen molar-refractivity contribution in [3.05, 3.63) is 24.3 Å². The molecule has 0 radical (unpaired) electrons. The predicted molar refractivity (Wildman–Crippen MR) is 51.6 cm³/mol. The van der Waals surface area contributed by atoms with Crippen LogP contribution in [0.1, 0.15) is 5.82 Å². The van der Waals surface area contributed by atoms with Crippen molar-refractivity contribution in [1.29, 1.82) is 0 Å². The van der Waals surface area contributed by atoms with E-state index in [0.717, 1.165) is 11.6 Å². The summed E-state index contributed by atoms with van der Waals surface area (Å²) >= 11 is 1.70. The van der Waals surface area contributed by atoms with Crippen LogP contribution in [0.3, 0.4) is 0 Å². The zero-order valence-electron chi connectivity index (χ0n) is 7.14. The first-order chi connectivity index (χ1) is 6.36. The van der Waals surface area contributed by atoms with Crippen LogP contribution in [0.4, 0.5) is 0 Å². The Kier molecular flexibility index (Phi) is 2.59. The van der Waals surface area contributed by atoms with Crippen molar-refractivity contribution in [2.45, 2.75) is 6.42 Å². The first-order valence-corrected chi connectivity index (χ1v) is 5.38. The molecule has 0 bridgehead atoms. The maximum Gasteiger partial charge on any atom is 0.147 e. The quantitative estimate of drug-likeness (QED) is 0.703. The number of Topliss-reactive ketones (excluding diaryl/α,β-unsaturated/α-hetero) is 1. The lowest BCUT2D eigenvalue weighted by atomic mass is 10.0. The van der Waals surface area contributed by atoms with E-state index in [-0.39, 0.29) is 5.92 Å². The van der Waals surface area contributed by atoms with E-state index >= 15 is 0 Å². The Balaban J connectivity index is 2.02. The lowest BCUT2D eigenvalue weighted by Crippen LogP contribution is -2.15. The van der Waals surface area contributed by atoms with Gasteiger partial charge >= 0.3 is 0 Å². The second kappa shape index (κ2) is 3.87. The van der Waals surface area contributed by atoms with Gasteiger partial charge in [-0.05, 0) is 6.07 Å². The summed E-state index contributed by atoms with van der Waals surface area (Å²) < 4.78 is 0. The highest BCUT2D eigenvalue weighted by Gasteiger charge is 2.25. The van der Waals surface area contributed by atoms with Gasteiger partial charge in [-0.2, -0.15) is 11.8 Å². The molecule has 1 aliphatic heterocycles. The average molecular weight is 194 g/mol. The Morgan fingerprint density at radius 3 is 2.85 bits per heavy atom. The molecule has 1 fully saturated rings. The smallest absolute Gasteiger partial charge is 0.147 e. The van der Waals surface area contributed by atoms with Crippen LogP contribution >= 0.6 is 11.8 Å². The van der Waals surface area contributed by atoms with Crippen LogP contribution in [0.5, 0.6) is 0 Å². The summed E-state index contributed by atoms with van der Waals surface area (Å²) in [5, 5.41) is 0. The first kappa shape index (κ1) is 8.69. The number of ketones is 1. The fourth-order valence-corrected chi connectivity index (χ4v) is 2.48. The molecule has 0 amide bonds. The molecule has 1 saturated heterocycles. The van der Waals surface area contributed by atoms with E-state index in [0.29, 0.717) is 18.0 Å². The third kappa shape index (κ3) is 2.06. The minimum absolute atomic E-state index is 0.146. The van der Waals surface area contributed by atoms with E-state index < -0.39 is 0 Å². The molecule has 3 nitrogen and oxygen atoms in total. The number of carbonyl (C=O) groups is 1. The third-order valence-corrected chi connectivity index (χ3v) is 3.19. The van der Waals surface area contributed by atoms with Gasteiger partial charge in [-0.25, -0.2) is 9.97 Å². The number of rotatable bonds is 2. The first-order valence-electron chi connectivity index (χ1n) is 4.22. The lowest BCUT2D eigenvalue weighted by Gasteiger charge is -2.03. The van der Waals surface area contributed by atoms with Crippen LogP contribution in [0.2, 0.25) is 0 Å². The topological polar surface area (TPSA) is 42.9 Å². The average Bonchev–Trinajstić information content (AvgIpc) is 2.54. The van der Waals surface area contributed by atoms with E-state index in [1.807, 2.05) is 0 Å². The van der Waals surface area contributed by atoms with Gasteiger partial charge < -0.3 is 0 Å². The van der Waals surface area contributed by atoms with Gasteiger partial charge in [-0.15, -0.1) is 0 Å². The van der Waals surface area contributed by atoms with Crippen molar-refractivity contribution >= 4 is 17.5 Å². The summed E-state index contributed by atoms with van der Waals surface area (Å²) in [7, 11) is 0. The van der Waals surface area contributed by atoms with Gasteiger partial charge in [-0.1, -0.05) is 0 Å². The number of thioether (sulfide) groups is 1. The molecule has 1 atom stereocenters. The van der Waals surface area contributed by atoms with Gasteiger partial charge in [0.1, 0.15) is 11.6 Å². The van der Waals surface area contributed by atoms with Crippen LogP contribution in [-0.4, -0.2) is 27.3 Å². The van der Waals surface area contributed by atoms with E-state index in [1.165, 1.54) is 0 Å². The number of carbonyl (C=O) groups excluding carboxylic acids is 1. The summed E-state index contributed by atoms with van der Waals surface area (Å²) in [6.45, 7) is 0. The largest absolute Gasteiger partial charge is 0.298 e. The van der Waals surface area contributed by atoms with Crippen LogP contribution in [0.15, 0.2) is 18.5 Å². The Bertz CT molecular complexity index is 302. The molecule has 2 heterocycles. The molecular weight excluding hydrogens is 184 g/mol. The molecule has 0 aliphatic carbocycles. The summed E-state index contributed by atoms with van der Waals surface area (Å²) in [5.41, 5.74) is 0. The molecule has 4 heteroatoms. The Hall–Kier alpha value is -0.900. The molecular formula is C9H10N2OS. The van der Waals surface area contributed by atoms with E-state index in [2.05, 4.69) is 9.97 Å². The van der Waals surface area contributed by atoms with Crippen LogP contribution in [0, 0.1) is 5.92 Å². The number of hydrogen-bond donors (Lipinski definition) is 0. The molecule has 0 aromatic carbocycles. The molecule has 0 N–H and O–H groups in total. The lowest BCUT2D eigenvalue weighted by molar-refractivity contribution is -0.119. The molecule has 1 aromatic heterocycles. The maximum absolute atomic E-state index is 11.3. The SMILES string of the molecule is O=C1CSCC1Cc1ncccn1. The number of aromatic nitrogens is 2. The Morgan fingerprint density at radius 1 is 1.46 bits per heavy atom. The molecule has 2 rings (SSSR count). The molecule has 13 heavy (non-hydrogen) atoms. The second-order valence-corrected chi connectivity index (χ2v) is 4.08. The highest BCUT2D eigenvalue weighted by molar-refractivity contribution is 8.00. The summed E-state index contributed by atoms with van der Waals surface area (Å²) in [6.07, 6.45) is 4.14. The molecule has 68 valence electrons. The summed E-state index contributed by atoms with van der Waals surface area (Å²) in [5.74, 6) is 2.86. The van der Waals surface area contributed by atoms with Crippen LogP contribution < -0.4 is 0 Å². The predicted octanol–water partition coefficient (Wildman–Crippen LogP) is 0.951. The number of hydrogen-bond acceptors (Lipinski definition) is 4. The normalized spacial score (nSPS) is 22.2. The Labute approximate surface area is 81.0 Å². The number of nitrogens with zero attached hydrogens (tertiary/aromatic N) is 2. The zero-order chi connectivity index (χ0) is 9.10. The van der Waals surface area contributed by atoms with Crippen molar-refractivity contribution in [2.24, 2.45) is 5.92 Å². The molecule has 0 spiro atoms. The van der Waals surface area contributed by atoms with Crippen LogP contribution in [-0.2, 0) is 11.2 Å². The van der Waals surface area contributed by atoms with Crippen molar-refractivity contribution in [1.82, 2.24) is 9.97 Å². The van der Waals surface area contributed by atoms with Gasteiger partial charge in [0, 0.05) is 30.5 Å². The molecule has 1 aliphatic rings. The minimum atomic E-state index is 0.146. The minimum Gasteiger partial charge on any atom is -0.298 e. The fourth-order valence-electron chi connectivity index (χ4n) is 1.34. The zero-order valence-corrected chi connectivity index (χ0v) is 7.96. The highest BCUT2D eigenvalue weighted by atomic mass is 32.2. The van der Waals surface area contributed by atoms with Crippen LogP contribution in [0.25, 0.3) is 0 Å². The van der Waals surface area contributed by atoms with Crippen molar-refractivity contribution in [3.63, 3.8) is 0 Å². The summed E-state index contributed by atoms with van der Waals surface area (Å²) in [4.78, 5) is 19.5. The summed E-state index contributed by atoms with van der Waals surface area (Å²) in [6, 6.07) is 1.79. The molecule has 0 saturated carbocycles. The van der Waals surface area contributed by atoms with E-state index in [9.17, 15) is 4.79 Å². The molecule has 1 unspecified atom stereocenters. The van der Waals surface area contributed by atoms with E-state index in [1.54, 1.807) is 30.2 Å². The monoisotopic (exact) mass is 194 g/mol. The van der Waals surface area contributed by atoms with Crippen molar-refractivity contribution in [2.75, 3.05) is 11.5 Å². The molecule has 1 aromatic rings. The third-order valence-electron chi connectivity index (χ3n) is 2.07. The van der Waals surface area contributed by atoms with Crippen molar-refractivity contribution in [3.8, 4) is 0 Å². The van der Waals surface area contributed by atoms with E-state index in [4.69, 9.17) is 0 Å². The van der Waals surface area contributed by atoms with Gasteiger partial charge in [0.15, 0.2) is 0 Å². The van der Waals surface area contributed by atoms with Gasteiger partial charge in [0.25, 0.3) is 0 Å². The van der Waals surface area contributed by atoms with Gasteiger partial charge in [-0.3, -0.25) is 4.79 Å². The maximum atomic E-state index is 11.3. The standard InChI is InChI=1S/C9H10N2OS/c12-8-6-13-5-7(8)4-9-10-2-1-3-11-9/h1-3,7H,4-6H2. The Morgan fingerprint density at radius 2 is 2.23 bits per heavy atom. The van der Waals surface area contributed by atoms with Gasteiger partial charge in [0.2, 0.25) is 0 Å². The highest BCUT2D eigenvalue weighted by Crippen LogP contribution is 2.22. The van der Waals surface area contributed by atoms with Crippen molar-refractivity contribution < 1.29 is 4.79 Å². The fraction of sp³-hybridized carbons (Fsp3) is 0.444.